The Morgan fingerprint density at radius 1 is 1.18 bits per heavy atom. The summed E-state index contributed by atoms with van der Waals surface area (Å²) >= 11 is 0. The molecule has 17 heavy (non-hydrogen) atoms. The number of piperazine rings is 1. The molecule has 5 heteroatoms. The molecule has 0 aromatic rings. The second-order valence-electron chi connectivity index (χ2n) is 5.45. The first kappa shape index (κ1) is 14.4. The zero-order valence-corrected chi connectivity index (χ0v) is 11.1. The summed E-state index contributed by atoms with van der Waals surface area (Å²) in [7, 11) is 0. The van der Waals surface area contributed by atoms with E-state index in [0.29, 0.717) is 0 Å². The van der Waals surface area contributed by atoms with E-state index in [0.717, 1.165) is 45.7 Å². The Balaban J connectivity index is 2.25. The van der Waals surface area contributed by atoms with Crippen molar-refractivity contribution in [3.05, 3.63) is 0 Å². The van der Waals surface area contributed by atoms with Gasteiger partial charge in [0.2, 0.25) is 0 Å². The van der Waals surface area contributed by atoms with Crippen LogP contribution in [0.5, 0.6) is 0 Å². The zero-order chi connectivity index (χ0) is 12.9. The van der Waals surface area contributed by atoms with E-state index in [4.69, 9.17) is 16.2 Å². The predicted octanol–water partition coefficient (Wildman–Crippen LogP) is -0.0514. The maximum atomic E-state index is 8.86. The molecular formula is C12H26N4O. The lowest BCUT2D eigenvalue weighted by Crippen LogP contribution is -2.48. The average Bonchev–Trinajstić information content (AvgIpc) is 2.28. The fraction of sp³-hybridized carbons (Fsp3) is 0.917. The van der Waals surface area contributed by atoms with Crippen LogP contribution in [0.4, 0.5) is 0 Å². The van der Waals surface area contributed by atoms with Gasteiger partial charge in [-0.2, -0.15) is 0 Å². The van der Waals surface area contributed by atoms with Crippen molar-refractivity contribution in [1.29, 1.82) is 5.41 Å². The van der Waals surface area contributed by atoms with Gasteiger partial charge in [-0.25, -0.2) is 0 Å². The molecule has 100 valence electrons. The van der Waals surface area contributed by atoms with Crippen LogP contribution in [0.1, 0.15) is 20.3 Å². The minimum atomic E-state index is -0.192. The molecule has 0 unspecified atom stereocenters. The van der Waals surface area contributed by atoms with Crippen molar-refractivity contribution in [2.45, 2.75) is 20.3 Å². The third kappa shape index (κ3) is 4.61. The van der Waals surface area contributed by atoms with Crippen molar-refractivity contribution in [3.8, 4) is 0 Å². The van der Waals surface area contributed by atoms with Crippen LogP contribution in [0.15, 0.2) is 0 Å². The zero-order valence-electron chi connectivity index (χ0n) is 11.1. The number of nitrogens with one attached hydrogen (secondary N) is 1. The number of hydrogen-bond donors (Lipinski definition) is 3. The first-order valence-corrected chi connectivity index (χ1v) is 6.36. The summed E-state index contributed by atoms with van der Waals surface area (Å²) in [5.41, 5.74) is 5.38. The Bertz CT molecular complexity index is 247. The highest BCUT2D eigenvalue weighted by Crippen LogP contribution is 2.20. The van der Waals surface area contributed by atoms with Crippen LogP contribution in [-0.4, -0.2) is 66.6 Å². The predicted molar refractivity (Wildman–Crippen MR) is 70.3 cm³/mol. The van der Waals surface area contributed by atoms with E-state index in [1.165, 1.54) is 0 Å². The molecule has 0 radical (unpaired) electrons. The molecular weight excluding hydrogens is 216 g/mol. The molecule has 1 fully saturated rings. The third-order valence-electron chi connectivity index (χ3n) is 3.66. The van der Waals surface area contributed by atoms with Gasteiger partial charge in [-0.05, 0) is 13.0 Å². The van der Waals surface area contributed by atoms with Gasteiger partial charge in [0.05, 0.1) is 12.4 Å². The summed E-state index contributed by atoms with van der Waals surface area (Å²) in [6.07, 6.45) is 0.933. The maximum Gasteiger partial charge on any atom is 0.0963 e. The van der Waals surface area contributed by atoms with Gasteiger partial charge in [-0.3, -0.25) is 10.3 Å². The van der Waals surface area contributed by atoms with Crippen LogP contribution in [0.3, 0.4) is 0 Å². The molecule has 0 bridgehead atoms. The van der Waals surface area contributed by atoms with Gasteiger partial charge in [-0.15, -0.1) is 0 Å². The Labute approximate surface area is 104 Å². The van der Waals surface area contributed by atoms with Crippen LogP contribution in [0.2, 0.25) is 0 Å². The van der Waals surface area contributed by atoms with Crippen LogP contribution in [0, 0.1) is 10.8 Å². The van der Waals surface area contributed by atoms with Crippen molar-refractivity contribution >= 4 is 5.84 Å². The van der Waals surface area contributed by atoms with Crippen molar-refractivity contribution in [2.24, 2.45) is 11.1 Å². The van der Waals surface area contributed by atoms with E-state index >= 15 is 0 Å². The summed E-state index contributed by atoms with van der Waals surface area (Å²) in [6, 6.07) is 0. The lowest BCUT2D eigenvalue weighted by Gasteiger charge is -2.36. The van der Waals surface area contributed by atoms with Crippen LogP contribution < -0.4 is 5.73 Å². The summed E-state index contributed by atoms with van der Waals surface area (Å²) in [4.78, 5) is 4.70. The fourth-order valence-electron chi connectivity index (χ4n) is 1.95. The lowest BCUT2D eigenvalue weighted by molar-refractivity contribution is 0.107. The molecule has 0 amide bonds. The van der Waals surface area contributed by atoms with E-state index in [-0.39, 0.29) is 17.9 Å². The molecule has 1 heterocycles. The molecule has 0 atom stereocenters. The molecule has 5 nitrogen and oxygen atoms in total. The van der Waals surface area contributed by atoms with E-state index in [2.05, 4.69) is 9.80 Å². The second-order valence-corrected chi connectivity index (χ2v) is 5.45. The number of amidine groups is 1. The third-order valence-corrected chi connectivity index (χ3v) is 3.66. The fourth-order valence-corrected chi connectivity index (χ4v) is 1.95. The van der Waals surface area contributed by atoms with Gasteiger partial charge >= 0.3 is 0 Å². The van der Waals surface area contributed by atoms with Crippen molar-refractivity contribution in [2.75, 3.05) is 45.9 Å². The first-order valence-electron chi connectivity index (χ1n) is 6.36. The first-order chi connectivity index (χ1) is 7.95. The summed E-state index contributed by atoms with van der Waals surface area (Å²) in [5.74, 6) is 0.274. The molecule has 1 saturated heterocycles. The van der Waals surface area contributed by atoms with Gasteiger partial charge in [0.25, 0.3) is 0 Å². The monoisotopic (exact) mass is 242 g/mol. The van der Waals surface area contributed by atoms with Gasteiger partial charge in [0.1, 0.15) is 0 Å². The van der Waals surface area contributed by atoms with Gasteiger partial charge < -0.3 is 15.7 Å². The maximum absolute atomic E-state index is 8.86. The minimum absolute atomic E-state index is 0.192. The highest BCUT2D eigenvalue weighted by molar-refractivity contribution is 5.82. The molecule has 4 N–H and O–H groups in total. The van der Waals surface area contributed by atoms with Crippen molar-refractivity contribution in [1.82, 2.24) is 9.80 Å². The van der Waals surface area contributed by atoms with E-state index < -0.39 is 0 Å². The SMILES string of the molecule is CC(C)(CCN1CCN(CCO)CC1)C(=N)N. The van der Waals surface area contributed by atoms with Gasteiger partial charge in [0.15, 0.2) is 0 Å². The highest BCUT2D eigenvalue weighted by atomic mass is 16.3. The number of aliphatic hydroxyl groups excluding tert-OH is 1. The Morgan fingerprint density at radius 3 is 2.06 bits per heavy atom. The largest absolute Gasteiger partial charge is 0.395 e. The molecule has 1 aliphatic heterocycles. The molecule has 0 aromatic carbocycles. The topological polar surface area (TPSA) is 76.6 Å². The number of aliphatic hydroxyl groups is 1. The number of nitrogens with zero attached hydrogens (tertiary/aromatic N) is 2. The number of β-amino-alcohol motifs (C(OH)–C–C–N with tert-alkyl or cyclic N) is 1. The molecule has 0 aromatic heterocycles. The smallest absolute Gasteiger partial charge is 0.0963 e. The number of hydrogen-bond acceptors (Lipinski definition) is 4. The number of rotatable bonds is 6. The number of nitrogens with two attached hydrogens (primary N) is 1. The van der Waals surface area contributed by atoms with E-state index in [1.807, 2.05) is 13.8 Å². The summed E-state index contributed by atoms with van der Waals surface area (Å²) in [6.45, 7) is 10.2. The molecule has 0 spiro atoms. The normalized spacial score (nSPS) is 19.5. The van der Waals surface area contributed by atoms with E-state index in [9.17, 15) is 0 Å². The highest BCUT2D eigenvalue weighted by Gasteiger charge is 2.24. The minimum Gasteiger partial charge on any atom is -0.395 e. The van der Waals surface area contributed by atoms with Crippen LogP contribution in [-0.2, 0) is 0 Å². The quantitative estimate of drug-likeness (QED) is 0.451. The van der Waals surface area contributed by atoms with Crippen molar-refractivity contribution < 1.29 is 5.11 Å². The average molecular weight is 242 g/mol. The van der Waals surface area contributed by atoms with E-state index in [1.54, 1.807) is 0 Å². The Hall–Kier alpha value is -0.650. The Morgan fingerprint density at radius 2 is 1.65 bits per heavy atom. The molecule has 0 aliphatic carbocycles. The second kappa shape index (κ2) is 6.33. The van der Waals surface area contributed by atoms with Gasteiger partial charge in [0, 0.05) is 38.1 Å². The van der Waals surface area contributed by atoms with Gasteiger partial charge in [-0.1, -0.05) is 13.8 Å². The van der Waals surface area contributed by atoms with Crippen LogP contribution in [0.25, 0.3) is 0 Å². The summed E-state index contributed by atoms with van der Waals surface area (Å²) in [5, 5.41) is 16.4. The van der Waals surface area contributed by atoms with Crippen molar-refractivity contribution in [3.63, 3.8) is 0 Å². The standard InChI is InChI=1S/C12H26N4O/c1-12(2,11(13)14)3-4-15-5-7-16(8-6-15)9-10-17/h17H,3-10H2,1-2H3,(H3,13,14). The molecule has 1 aliphatic rings. The van der Waals surface area contributed by atoms with Crippen LogP contribution >= 0.6 is 0 Å². The lowest BCUT2D eigenvalue weighted by atomic mass is 9.88. The molecule has 1 rings (SSSR count). The molecule has 0 saturated carbocycles. The Kier molecular flexibility index (Phi) is 5.36. The summed E-state index contributed by atoms with van der Waals surface area (Å²) < 4.78 is 0.